The van der Waals surface area contributed by atoms with Crippen LogP contribution in [-0.2, 0) is 0 Å². The average molecular weight is 225 g/mol. The fourth-order valence-corrected chi connectivity index (χ4v) is 1.72. The van der Waals surface area contributed by atoms with Crippen LogP contribution in [0.2, 0.25) is 0 Å². The third-order valence-electron chi connectivity index (χ3n) is 1.74. The molecule has 0 aromatic carbocycles. The first-order valence-corrected chi connectivity index (χ1v) is 5.33. The molecule has 1 heterocycles. The molecule has 7 heteroatoms. The summed E-state index contributed by atoms with van der Waals surface area (Å²) in [6.07, 6.45) is 0.646. The molecule has 1 rings (SSSR count). The van der Waals surface area contributed by atoms with Gasteiger partial charge < -0.3 is 5.32 Å². The van der Waals surface area contributed by atoms with E-state index in [4.69, 9.17) is 5.53 Å². The van der Waals surface area contributed by atoms with Crippen molar-refractivity contribution in [1.82, 2.24) is 10.3 Å². The summed E-state index contributed by atoms with van der Waals surface area (Å²) in [5, 5.41) is 6.10. The number of hydrogen-bond acceptors (Lipinski definition) is 4. The number of amides is 1. The highest BCUT2D eigenvalue weighted by molar-refractivity contribution is 7.11. The van der Waals surface area contributed by atoms with E-state index in [-0.39, 0.29) is 5.91 Å². The van der Waals surface area contributed by atoms with Crippen molar-refractivity contribution in [3.8, 4) is 0 Å². The van der Waals surface area contributed by atoms with Crippen molar-refractivity contribution in [3.63, 3.8) is 0 Å². The summed E-state index contributed by atoms with van der Waals surface area (Å²) >= 11 is 1.32. The molecule has 0 bridgehead atoms. The minimum Gasteiger partial charge on any atom is -0.351 e. The summed E-state index contributed by atoms with van der Waals surface area (Å²) in [4.78, 5) is 18.8. The average Bonchev–Trinajstić information content (AvgIpc) is 2.64. The Morgan fingerprint density at radius 3 is 3.20 bits per heavy atom. The van der Waals surface area contributed by atoms with Crippen LogP contribution in [0.15, 0.2) is 10.6 Å². The maximum absolute atomic E-state index is 11.5. The van der Waals surface area contributed by atoms with Crippen LogP contribution >= 0.6 is 11.3 Å². The van der Waals surface area contributed by atoms with Gasteiger partial charge in [0.1, 0.15) is 4.88 Å². The Balaban J connectivity index is 2.31. The number of azide groups is 1. The van der Waals surface area contributed by atoms with E-state index in [1.54, 1.807) is 12.4 Å². The molecule has 0 aliphatic carbocycles. The fourth-order valence-electron chi connectivity index (χ4n) is 0.997. The lowest BCUT2D eigenvalue weighted by Crippen LogP contribution is -2.24. The van der Waals surface area contributed by atoms with Crippen LogP contribution < -0.4 is 5.32 Å². The molecule has 0 atom stereocenters. The van der Waals surface area contributed by atoms with Gasteiger partial charge in [-0.25, -0.2) is 4.98 Å². The van der Waals surface area contributed by atoms with E-state index in [0.717, 1.165) is 5.69 Å². The molecule has 0 fully saturated rings. The van der Waals surface area contributed by atoms with E-state index in [2.05, 4.69) is 20.3 Å². The molecule has 1 aromatic rings. The van der Waals surface area contributed by atoms with Gasteiger partial charge in [-0.2, -0.15) is 0 Å². The summed E-state index contributed by atoms with van der Waals surface area (Å²) in [5.41, 5.74) is 10.4. The Kier molecular flexibility index (Phi) is 4.59. The van der Waals surface area contributed by atoms with Crippen LogP contribution in [0.25, 0.3) is 10.4 Å². The molecule has 15 heavy (non-hydrogen) atoms. The molecule has 0 aliphatic heterocycles. The molecule has 80 valence electrons. The standard InChI is InChI=1S/C8H11N5OS/c1-6-7(15-5-11-6)8(14)10-3-2-4-12-13-9/h5H,2-4H2,1H3,(H,10,14). The lowest BCUT2D eigenvalue weighted by Gasteiger charge is -2.01. The summed E-state index contributed by atoms with van der Waals surface area (Å²) in [5.74, 6) is -0.115. The number of aromatic nitrogens is 1. The number of carbonyl (C=O) groups excluding carboxylic acids is 1. The first-order chi connectivity index (χ1) is 7.25. The molecule has 6 nitrogen and oxygen atoms in total. The normalized spacial score (nSPS) is 9.40. The van der Waals surface area contributed by atoms with E-state index in [1.165, 1.54) is 11.3 Å². The van der Waals surface area contributed by atoms with E-state index in [0.29, 0.717) is 24.4 Å². The highest BCUT2D eigenvalue weighted by Crippen LogP contribution is 2.11. The van der Waals surface area contributed by atoms with E-state index < -0.39 is 0 Å². The zero-order valence-electron chi connectivity index (χ0n) is 8.30. The predicted molar refractivity (Wildman–Crippen MR) is 57.8 cm³/mol. The Labute approximate surface area is 91.0 Å². The third-order valence-corrected chi connectivity index (χ3v) is 2.66. The van der Waals surface area contributed by atoms with Crippen molar-refractivity contribution >= 4 is 17.2 Å². The van der Waals surface area contributed by atoms with E-state index in [9.17, 15) is 4.79 Å². The summed E-state index contributed by atoms with van der Waals surface area (Å²) in [6.45, 7) is 2.71. The number of thiazole rings is 1. The maximum atomic E-state index is 11.5. The fraction of sp³-hybridized carbons (Fsp3) is 0.500. The summed E-state index contributed by atoms with van der Waals surface area (Å²) in [6, 6.07) is 0. The van der Waals surface area contributed by atoms with Gasteiger partial charge in [0, 0.05) is 18.0 Å². The maximum Gasteiger partial charge on any atom is 0.263 e. The molecule has 0 aliphatic rings. The predicted octanol–water partition coefficient (Wildman–Crippen LogP) is 1.88. The molecule has 0 saturated carbocycles. The minimum absolute atomic E-state index is 0.115. The van der Waals surface area contributed by atoms with Gasteiger partial charge in [0.15, 0.2) is 0 Å². The topological polar surface area (TPSA) is 90.8 Å². The molecule has 0 unspecified atom stereocenters. The number of nitrogens with one attached hydrogen (secondary N) is 1. The Hall–Kier alpha value is -1.59. The lowest BCUT2D eigenvalue weighted by molar-refractivity contribution is 0.0956. The van der Waals surface area contributed by atoms with Crippen molar-refractivity contribution in [3.05, 3.63) is 26.5 Å². The van der Waals surface area contributed by atoms with Gasteiger partial charge in [-0.3, -0.25) is 4.79 Å². The van der Waals surface area contributed by atoms with E-state index >= 15 is 0 Å². The van der Waals surface area contributed by atoms with Gasteiger partial charge in [-0.05, 0) is 18.9 Å². The van der Waals surface area contributed by atoms with Gasteiger partial charge in [0.25, 0.3) is 5.91 Å². The number of aryl methyl sites for hydroxylation is 1. The molecule has 1 N–H and O–H groups in total. The molecular weight excluding hydrogens is 214 g/mol. The first kappa shape index (κ1) is 11.5. The minimum atomic E-state index is -0.115. The Morgan fingerprint density at radius 1 is 1.80 bits per heavy atom. The first-order valence-electron chi connectivity index (χ1n) is 4.45. The highest BCUT2D eigenvalue weighted by Gasteiger charge is 2.09. The van der Waals surface area contributed by atoms with Gasteiger partial charge in [-0.15, -0.1) is 11.3 Å². The third kappa shape index (κ3) is 3.57. The van der Waals surface area contributed by atoms with Crippen LogP contribution in [0.3, 0.4) is 0 Å². The Bertz CT molecular complexity index is 382. The number of nitrogens with zero attached hydrogens (tertiary/aromatic N) is 4. The second-order valence-corrected chi connectivity index (χ2v) is 3.69. The zero-order valence-corrected chi connectivity index (χ0v) is 9.12. The van der Waals surface area contributed by atoms with Crippen LogP contribution in [0.5, 0.6) is 0 Å². The summed E-state index contributed by atoms with van der Waals surface area (Å²) in [7, 11) is 0. The van der Waals surface area contributed by atoms with Gasteiger partial charge >= 0.3 is 0 Å². The smallest absolute Gasteiger partial charge is 0.263 e. The van der Waals surface area contributed by atoms with Gasteiger partial charge in [0.05, 0.1) is 11.2 Å². The largest absolute Gasteiger partial charge is 0.351 e. The van der Waals surface area contributed by atoms with E-state index in [1.807, 2.05) is 0 Å². The molecule has 0 saturated heterocycles. The molecule has 1 amide bonds. The molecular formula is C8H11N5OS. The second kappa shape index (κ2) is 6.00. The van der Waals surface area contributed by atoms with Gasteiger partial charge in [-0.1, -0.05) is 5.11 Å². The number of hydrogen-bond donors (Lipinski definition) is 1. The number of carbonyl (C=O) groups is 1. The van der Waals surface area contributed by atoms with Crippen LogP contribution in [0, 0.1) is 6.92 Å². The molecule has 0 spiro atoms. The van der Waals surface area contributed by atoms with Crippen molar-refractivity contribution in [1.29, 1.82) is 0 Å². The highest BCUT2D eigenvalue weighted by atomic mass is 32.1. The Morgan fingerprint density at radius 2 is 2.60 bits per heavy atom. The molecule has 0 radical (unpaired) electrons. The second-order valence-electron chi connectivity index (χ2n) is 2.83. The summed E-state index contributed by atoms with van der Waals surface area (Å²) < 4.78 is 0. The number of rotatable bonds is 5. The van der Waals surface area contributed by atoms with Gasteiger partial charge in [0.2, 0.25) is 0 Å². The van der Waals surface area contributed by atoms with Crippen LogP contribution in [0.1, 0.15) is 21.8 Å². The molecule has 1 aromatic heterocycles. The van der Waals surface area contributed by atoms with Crippen molar-refractivity contribution in [2.45, 2.75) is 13.3 Å². The lowest BCUT2D eigenvalue weighted by atomic mass is 10.3. The monoisotopic (exact) mass is 225 g/mol. The zero-order chi connectivity index (χ0) is 11.1. The van der Waals surface area contributed by atoms with Crippen molar-refractivity contribution in [2.24, 2.45) is 5.11 Å². The van der Waals surface area contributed by atoms with Crippen LogP contribution in [0.4, 0.5) is 0 Å². The SMILES string of the molecule is Cc1ncsc1C(=O)NCCCN=[N+]=[N-]. The van der Waals surface area contributed by atoms with Crippen molar-refractivity contribution in [2.75, 3.05) is 13.1 Å². The van der Waals surface area contributed by atoms with Crippen LogP contribution in [-0.4, -0.2) is 24.0 Å². The quantitative estimate of drug-likeness (QED) is 0.358. The van der Waals surface area contributed by atoms with Crippen molar-refractivity contribution < 1.29 is 4.79 Å².